The standard InChI is InChI=1S/C12H15BrN2O2/c13-11-2-1-9(12(16)17)7-10(11)8-15-5-3-14-4-6-15/h1-2,7,14H,3-6,8H2,(H,16,17). The number of rotatable bonds is 3. The average Bonchev–Trinajstić information content (AvgIpc) is 2.33. The molecule has 0 radical (unpaired) electrons. The minimum Gasteiger partial charge on any atom is -0.478 e. The first-order chi connectivity index (χ1) is 8.16. The quantitative estimate of drug-likeness (QED) is 0.889. The molecule has 1 heterocycles. The maximum atomic E-state index is 10.9. The molecule has 1 fully saturated rings. The van der Waals surface area contributed by atoms with Crippen molar-refractivity contribution in [3.05, 3.63) is 33.8 Å². The molecule has 0 amide bonds. The van der Waals surface area contributed by atoms with Crippen LogP contribution in [0, 0.1) is 0 Å². The van der Waals surface area contributed by atoms with Gasteiger partial charge in [0, 0.05) is 37.2 Å². The van der Waals surface area contributed by atoms with Gasteiger partial charge in [0.2, 0.25) is 0 Å². The summed E-state index contributed by atoms with van der Waals surface area (Å²) in [4.78, 5) is 13.2. The van der Waals surface area contributed by atoms with Crippen LogP contribution in [-0.2, 0) is 6.54 Å². The Morgan fingerprint density at radius 2 is 2.12 bits per heavy atom. The van der Waals surface area contributed by atoms with Crippen LogP contribution < -0.4 is 5.32 Å². The molecule has 0 bridgehead atoms. The first-order valence-corrected chi connectivity index (χ1v) is 6.41. The van der Waals surface area contributed by atoms with Crippen molar-refractivity contribution in [2.75, 3.05) is 26.2 Å². The molecule has 5 heteroatoms. The predicted octanol–water partition coefficient (Wildman–Crippen LogP) is 1.55. The summed E-state index contributed by atoms with van der Waals surface area (Å²) in [5.41, 5.74) is 1.38. The molecule has 1 aliphatic rings. The first kappa shape index (κ1) is 12.5. The maximum absolute atomic E-state index is 10.9. The van der Waals surface area contributed by atoms with Gasteiger partial charge in [0.25, 0.3) is 0 Å². The summed E-state index contributed by atoms with van der Waals surface area (Å²) in [5.74, 6) is -0.876. The SMILES string of the molecule is O=C(O)c1ccc(Br)c(CN2CCNCC2)c1. The Bertz CT molecular complexity index is 417. The lowest BCUT2D eigenvalue weighted by Gasteiger charge is -2.27. The molecule has 4 nitrogen and oxygen atoms in total. The zero-order valence-electron chi connectivity index (χ0n) is 9.45. The fraction of sp³-hybridized carbons (Fsp3) is 0.417. The second-order valence-electron chi connectivity index (χ2n) is 4.14. The van der Waals surface area contributed by atoms with E-state index in [1.54, 1.807) is 18.2 Å². The van der Waals surface area contributed by atoms with Gasteiger partial charge >= 0.3 is 5.97 Å². The van der Waals surface area contributed by atoms with Crippen LogP contribution >= 0.6 is 15.9 Å². The lowest BCUT2D eigenvalue weighted by atomic mass is 10.1. The van der Waals surface area contributed by atoms with Gasteiger partial charge in [-0.25, -0.2) is 4.79 Å². The molecule has 17 heavy (non-hydrogen) atoms. The summed E-state index contributed by atoms with van der Waals surface area (Å²) < 4.78 is 0.973. The molecular weight excluding hydrogens is 284 g/mol. The van der Waals surface area contributed by atoms with Crippen LogP contribution in [0.15, 0.2) is 22.7 Å². The monoisotopic (exact) mass is 298 g/mol. The lowest BCUT2D eigenvalue weighted by molar-refractivity contribution is 0.0696. The Balaban J connectivity index is 2.13. The van der Waals surface area contributed by atoms with Crippen LogP contribution in [0.2, 0.25) is 0 Å². The zero-order valence-corrected chi connectivity index (χ0v) is 11.0. The summed E-state index contributed by atoms with van der Waals surface area (Å²) in [7, 11) is 0. The summed E-state index contributed by atoms with van der Waals surface area (Å²) in [5, 5.41) is 12.3. The van der Waals surface area contributed by atoms with Crippen LogP contribution in [-0.4, -0.2) is 42.2 Å². The van der Waals surface area contributed by atoms with Crippen LogP contribution in [0.1, 0.15) is 15.9 Å². The third-order valence-corrected chi connectivity index (χ3v) is 3.67. The number of aromatic carboxylic acids is 1. The van der Waals surface area contributed by atoms with Crippen molar-refractivity contribution < 1.29 is 9.90 Å². The number of piperazine rings is 1. The first-order valence-electron chi connectivity index (χ1n) is 5.61. The number of benzene rings is 1. The van der Waals surface area contributed by atoms with E-state index in [-0.39, 0.29) is 0 Å². The Hall–Kier alpha value is -0.910. The molecule has 1 aromatic rings. The van der Waals surface area contributed by atoms with Gasteiger partial charge in [-0.3, -0.25) is 4.90 Å². The fourth-order valence-electron chi connectivity index (χ4n) is 1.94. The number of halogens is 1. The average molecular weight is 299 g/mol. The summed E-state index contributed by atoms with van der Waals surface area (Å²) in [6.07, 6.45) is 0. The van der Waals surface area contributed by atoms with Crippen molar-refractivity contribution in [2.24, 2.45) is 0 Å². The molecule has 2 rings (SSSR count). The smallest absolute Gasteiger partial charge is 0.335 e. The van der Waals surface area contributed by atoms with Crippen molar-refractivity contribution in [1.29, 1.82) is 0 Å². The third-order valence-electron chi connectivity index (χ3n) is 2.90. The van der Waals surface area contributed by atoms with E-state index in [9.17, 15) is 4.79 Å². The molecule has 2 N–H and O–H groups in total. The van der Waals surface area contributed by atoms with Gasteiger partial charge < -0.3 is 10.4 Å². The van der Waals surface area contributed by atoms with E-state index < -0.39 is 5.97 Å². The van der Waals surface area contributed by atoms with Crippen molar-refractivity contribution in [2.45, 2.75) is 6.54 Å². The molecule has 1 aromatic carbocycles. The van der Waals surface area contributed by atoms with E-state index in [0.29, 0.717) is 5.56 Å². The van der Waals surface area contributed by atoms with E-state index in [1.807, 2.05) is 0 Å². The zero-order chi connectivity index (χ0) is 12.3. The van der Waals surface area contributed by atoms with Gasteiger partial charge in [-0.1, -0.05) is 15.9 Å². The lowest BCUT2D eigenvalue weighted by Crippen LogP contribution is -2.42. The molecule has 0 atom stereocenters. The predicted molar refractivity (Wildman–Crippen MR) is 69.2 cm³/mol. The van der Waals surface area contributed by atoms with E-state index in [1.165, 1.54) is 0 Å². The van der Waals surface area contributed by atoms with Gasteiger partial charge in [0.05, 0.1) is 5.56 Å². The van der Waals surface area contributed by atoms with Gasteiger partial charge in [-0.05, 0) is 23.8 Å². The highest BCUT2D eigenvalue weighted by molar-refractivity contribution is 9.10. The van der Waals surface area contributed by atoms with E-state index >= 15 is 0 Å². The van der Waals surface area contributed by atoms with Crippen molar-refractivity contribution in [3.8, 4) is 0 Å². The second kappa shape index (κ2) is 5.62. The van der Waals surface area contributed by atoms with Crippen LogP contribution in [0.25, 0.3) is 0 Å². The normalized spacial score (nSPS) is 17.0. The molecule has 92 valence electrons. The number of carboxylic acid groups (broad SMARTS) is 1. The number of hydrogen-bond donors (Lipinski definition) is 2. The van der Waals surface area contributed by atoms with Crippen molar-refractivity contribution in [3.63, 3.8) is 0 Å². The Labute approximate surface area is 109 Å². The fourth-order valence-corrected chi connectivity index (χ4v) is 2.31. The van der Waals surface area contributed by atoms with Crippen LogP contribution in [0.4, 0.5) is 0 Å². The second-order valence-corrected chi connectivity index (χ2v) is 4.99. The van der Waals surface area contributed by atoms with E-state index in [2.05, 4.69) is 26.1 Å². The van der Waals surface area contributed by atoms with Crippen LogP contribution in [0.5, 0.6) is 0 Å². The number of hydrogen-bond acceptors (Lipinski definition) is 3. The van der Waals surface area contributed by atoms with Gasteiger partial charge in [0.1, 0.15) is 0 Å². The summed E-state index contributed by atoms with van der Waals surface area (Å²) in [6.45, 7) is 4.79. The molecule has 0 aromatic heterocycles. The van der Waals surface area contributed by atoms with Crippen LogP contribution in [0.3, 0.4) is 0 Å². The highest BCUT2D eigenvalue weighted by atomic mass is 79.9. The molecule has 0 unspecified atom stereocenters. The summed E-state index contributed by atoms with van der Waals surface area (Å²) >= 11 is 3.47. The van der Waals surface area contributed by atoms with E-state index in [4.69, 9.17) is 5.11 Å². The third kappa shape index (κ3) is 3.28. The van der Waals surface area contributed by atoms with Gasteiger partial charge in [-0.15, -0.1) is 0 Å². The van der Waals surface area contributed by atoms with Crippen molar-refractivity contribution >= 4 is 21.9 Å². The number of nitrogens with one attached hydrogen (secondary N) is 1. The number of carboxylic acids is 1. The molecule has 1 saturated heterocycles. The molecular formula is C12H15BrN2O2. The number of carbonyl (C=O) groups is 1. The molecule has 0 saturated carbocycles. The Morgan fingerprint density at radius 1 is 1.41 bits per heavy atom. The number of nitrogens with zero attached hydrogens (tertiary/aromatic N) is 1. The minimum absolute atomic E-state index is 0.346. The molecule has 0 aliphatic carbocycles. The topological polar surface area (TPSA) is 52.6 Å². The highest BCUT2D eigenvalue weighted by Crippen LogP contribution is 2.20. The van der Waals surface area contributed by atoms with Crippen molar-refractivity contribution in [1.82, 2.24) is 10.2 Å². The minimum atomic E-state index is -0.876. The van der Waals surface area contributed by atoms with Gasteiger partial charge in [0.15, 0.2) is 0 Å². The van der Waals surface area contributed by atoms with E-state index in [0.717, 1.165) is 42.8 Å². The highest BCUT2D eigenvalue weighted by Gasteiger charge is 2.13. The Morgan fingerprint density at radius 3 is 2.76 bits per heavy atom. The maximum Gasteiger partial charge on any atom is 0.335 e. The Kier molecular flexibility index (Phi) is 4.15. The molecule has 0 spiro atoms. The summed E-state index contributed by atoms with van der Waals surface area (Å²) in [6, 6.07) is 5.17. The molecule has 1 aliphatic heterocycles. The van der Waals surface area contributed by atoms with Gasteiger partial charge in [-0.2, -0.15) is 0 Å². The largest absolute Gasteiger partial charge is 0.478 e.